The fraction of sp³-hybridized carbons (Fsp3) is 0.211. The molecule has 0 bridgehead atoms. The van der Waals surface area contributed by atoms with E-state index in [-0.39, 0.29) is 22.2 Å². The summed E-state index contributed by atoms with van der Waals surface area (Å²) in [6.45, 7) is -1.27. The van der Waals surface area contributed by atoms with Crippen LogP contribution in [0.4, 0.5) is 9.52 Å². The number of alkyl halides is 1. The van der Waals surface area contributed by atoms with E-state index < -0.39 is 36.1 Å². The van der Waals surface area contributed by atoms with Crippen LogP contribution in [0.2, 0.25) is 0 Å². The minimum absolute atomic E-state index is 0.0541. The third-order valence-corrected chi connectivity index (χ3v) is 7.22. The van der Waals surface area contributed by atoms with Crippen LogP contribution in [-0.2, 0) is 19.2 Å². The maximum absolute atomic E-state index is 12.8. The molecule has 2 amide bonds. The Hall–Kier alpha value is -3.63. The molecule has 35 heavy (non-hydrogen) atoms. The Bertz CT molecular complexity index is 1260. The number of carbonyl (C=O) groups is 3. The van der Waals surface area contributed by atoms with Crippen molar-refractivity contribution in [2.45, 2.75) is 11.4 Å². The molecule has 0 saturated carbocycles. The van der Waals surface area contributed by atoms with Crippen molar-refractivity contribution in [3.05, 3.63) is 51.6 Å². The summed E-state index contributed by atoms with van der Waals surface area (Å²) in [5, 5.41) is 22.3. The molecule has 4 N–H and O–H groups in total. The number of aliphatic carboxylic acids is 1. The molecule has 2 aliphatic heterocycles. The van der Waals surface area contributed by atoms with Gasteiger partial charge in [0, 0.05) is 16.5 Å². The van der Waals surface area contributed by atoms with Crippen LogP contribution >= 0.6 is 34.6 Å². The normalized spacial score (nSPS) is 20.3. The predicted octanol–water partition coefficient (Wildman–Crippen LogP) is 1.23. The number of carboxylic acid groups (broad SMARTS) is 1. The number of aromatic nitrogens is 3. The van der Waals surface area contributed by atoms with Gasteiger partial charge in [0.25, 0.3) is 18.7 Å². The van der Waals surface area contributed by atoms with E-state index in [2.05, 4.69) is 29.9 Å². The number of amides is 2. The van der Waals surface area contributed by atoms with E-state index in [4.69, 9.17) is 5.73 Å². The Balaban J connectivity index is 1.49. The van der Waals surface area contributed by atoms with Crippen LogP contribution in [0.3, 0.4) is 0 Å². The van der Waals surface area contributed by atoms with Gasteiger partial charge in [-0.05, 0) is 23.2 Å². The van der Waals surface area contributed by atoms with Crippen LogP contribution < -0.4 is 11.1 Å². The van der Waals surface area contributed by atoms with E-state index in [1.165, 1.54) is 28.7 Å². The van der Waals surface area contributed by atoms with Gasteiger partial charge in [-0.15, -0.1) is 28.2 Å². The lowest BCUT2D eigenvalue weighted by atomic mass is 10.0. The van der Waals surface area contributed by atoms with Crippen molar-refractivity contribution in [1.29, 1.82) is 0 Å². The molecule has 0 unspecified atom stereocenters. The zero-order chi connectivity index (χ0) is 24.9. The number of hydrogen-bond donors (Lipinski definition) is 3. The smallest absolute Gasteiger partial charge is 0.352 e. The van der Waals surface area contributed by atoms with E-state index in [0.29, 0.717) is 17.0 Å². The second kappa shape index (κ2) is 10.7. The summed E-state index contributed by atoms with van der Waals surface area (Å²) >= 11 is 3.54. The molecule has 1 saturated heterocycles. The molecule has 0 spiro atoms. The number of allylic oxidation sites excluding steroid dienone is 3. The van der Waals surface area contributed by atoms with E-state index in [1.807, 2.05) is 0 Å². The summed E-state index contributed by atoms with van der Waals surface area (Å²) in [5.41, 5.74) is 6.23. The Morgan fingerprint density at radius 3 is 2.83 bits per heavy atom. The maximum Gasteiger partial charge on any atom is 0.352 e. The first-order valence-corrected chi connectivity index (χ1v) is 12.5. The number of oxime groups is 1. The fourth-order valence-corrected chi connectivity index (χ4v) is 5.53. The summed E-state index contributed by atoms with van der Waals surface area (Å²) in [6.07, 6.45) is 6.65. The molecule has 2 aliphatic rings. The quantitative estimate of drug-likeness (QED) is 0.183. The van der Waals surface area contributed by atoms with E-state index in [1.54, 1.807) is 29.7 Å². The highest BCUT2D eigenvalue weighted by Crippen LogP contribution is 2.40. The Morgan fingerprint density at radius 2 is 2.17 bits per heavy atom. The molecular formula is C19H16FN7O5S3. The predicted molar refractivity (Wildman–Crippen MR) is 128 cm³/mol. The van der Waals surface area contributed by atoms with Crippen LogP contribution in [0.5, 0.6) is 0 Å². The molecule has 16 heteroatoms. The zero-order valence-electron chi connectivity index (χ0n) is 17.5. The van der Waals surface area contributed by atoms with Crippen LogP contribution in [0.25, 0.3) is 6.08 Å². The van der Waals surface area contributed by atoms with Gasteiger partial charge in [-0.1, -0.05) is 27.9 Å². The fourth-order valence-electron chi connectivity index (χ4n) is 3.24. The first-order chi connectivity index (χ1) is 16.9. The first-order valence-electron chi connectivity index (χ1n) is 9.71. The van der Waals surface area contributed by atoms with Gasteiger partial charge in [-0.2, -0.15) is 0 Å². The average molecular weight is 538 g/mol. The standard InChI is InChI=1S/C19H16FN7O5S3/c20-8-32-25-12(11-7-34-19(21)22-11)15(28)23-13-16(29)27-14(18(30)31)9(5-33-17(13)27)3-1-2-4-10-6-35-26-24-10/h1-4,6-7,13,17H,5,8H2,(H2,21,22)(H,23,28)(H,30,31)/b3-1+,4-2+,25-12-/t13-,17-/m1/s1. The van der Waals surface area contributed by atoms with Crippen molar-refractivity contribution in [1.82, 2.24) is 24.8 Å². The molecule has 12 nitrogen and oxygen atoms in total. The molecule has 0 radical (unpaired) electrons. The third kappa shape index (κ3) is 5.23. The number of β-lactam (4-membered cyclic amide) rings is 1. The largest absolute Gasteiger partial charge is 0.477 e. The van der Waals surface area contributed by atoms with Gasteiger partial charge in [0.15, 0.2) is 10.8 Å². The van der Waals surface area contributed by atoms with Gasteiger partial charge in [0.2, 0.25) is 0 Å². The van der Waals surface area contributed by atoms with Crippen molar-refractivity contribution >= 4 is 69.3 Å². The number of nitrogens with one attached hydrogen (secondary N) is 1. The van der Waals surface area contributed by atoms with Gasteiger partial charge in [0.1, 0.15) is 22.8 Å². The van der Waals surface area contributed by atoms with Gasteiger partial charge < -0.3 is 21.0 Å². The summed E-state index contributed by atoms with van der Waals surface area (Å²) < 4.78 is 16.2. The monoisotopic (exact) mass is 537 g/mol. The minimum Gasteiger partial charge on any atom is -0.477 e. The number of thioether (sulfide) groups is 1. The lowest BCUT2D eigenvalue weighted by Crippen LogP contribution is -2.71. The lowest BCUT2D eigenvalue weighted by Gasteiger charge is -2.49. The molecule has 2 aromatic heterocycles. The van der Waals surface area contributed by atoms with Gasteiger partial charge in [0.05, 0.1) is 5.69 Å². The highest BCUT2D eigenvalue weighted by atomic mass is 32.2. The molecular weight excluding hydrogens is 521 g/mol. The number of nitrogen functional groups attached to an aromatic ring is 1. The van der Waals surface area contributed by atoms with Crippen LogP contribution in [-0.4, -0.2) is 72.1 Å². The van der Waals surface area contributed by atoms with E-state index >= 15 is 0 Å². The van der Waals surface area contributed by atoms with Gasteiger partial charge in [-0.25, -0.2) is 14.2 Å². The number of nitrogens with zero attached hydrogens (tertiary/aromatic N) is 5. The topological polar surface area (TPSA) is 173 Å². The summed E-state index contributed by atoms with van der Waals surface area (Å²) in [7, 11) is 0. The van der Waals surface area contributed by atoms with Crippen molar-refractivity contribution < 1.29 is 28.7 Å². The lowest BCUT2D eigenvalue weighted by molar-refractivity contribution is -0.150. The maximum atomic E-state index is 12.8. The second-order valence-corrected chi connectivity index (χ2v) is 9.44. The number of nitrogens with two attached hydrogens (primary N) is 1. The Labute approximate surface area is 209 Å². The molecule has 0 aliphatic carbocycles. The average Bonchev–Trinajstić information content (AvgIpc) is 3.51. The van der Waals surface area contributed by atoms with Crippen molar-refractivity contribution in [2.24, 2.45) is 5.16 Å². The number of carbonyl (C=O) groups excluding carboxylic acids is 2. The van der Waals surface area contributed by atoms with Crippen LogP contribution in [0, 0.1) is 0 Å². The van der Waals surface area contributed by atoms with Crippen molar-refractivity contribution in [3.8, 4) is 0 Å². The molecule has 4 rings (SSSR count). The zero-order valence-corrected chi connectivity index (χ0v) is 20.0. The summed E-state index contributed by atoms with van der Waals surface area (Å²) in [6, 6.07) is -1.02. The van der Waals surface area contributed by atoms with Crippen LogP contribution in [0.1, 0.15) is 11.4 Å². The number of halogens is 1. The number of thiazole rings is 1. The summed E-state index contributed by atoms with van der Waals surface area (Å²) in [5.74, 6) is -2.42. The second-order valence-electron chi connectivity index (χ2n) is 6.84. The number of rotatable bonds is 9. The molecule has 1 fully saturated rings. The van der Waals surface area contributed by atoms with Crippen LogP contribution in [0.15, 0.2) is 45.4 Å². The Kier molecular flexibility index (Phi) is 7.52. The number of carboxylic acids is 1. The molecule has 182 valence electrons. The molecule has 2 atom stereocenters. The number of fused-ring (bicyclic) bond motifs is 1. The van der Waals surface area contributed by atoms with E-state index in [0.717, 1.165) is 16.2 Å². The minimum atomic E-state index is -1.27. The first kappa shape index (κ1) is 24.5. The van der Waals surface area contributed by atoms with Crippen molar-refractivity contribution in [2.75, 3.05) is 18.3 Å². The third-order valence-electron chi connectivity index (χ3n) is 4.72. The number of anilines is 1. The number of hydrogen-bond acceptors (Lipinski definition) is 12. The molecule has 4 heterocycles. The molecule has 0 aromatic carbocycles. The van der Waals surface area contributed by atoms with E-state index in [9.17, 15) is 23.9 Å². The highest BCUT2D eigenvalue weighted by Gasteiger charge is 2.54. The summed E-state index contributed by atoms with van der Waals surface area (Å²) in [4.78, 5) is 47.0. The van der Waals surface area contributed by atoms with Gasteiger partial charge >= 0.3 is 5.97 Å². The molecule has 2 aromatic rings. The van der Waals surface area contributed by atoms with Gasteiger partial charge in [-0.3, -0.25) is 14.5 Å². The van der Waals surface area contributed by atoms with Crippen molar-refractivity contribution in [3.63, 3.8) is 0 Å². The Morgan fingerprint density at radius 1 is 1.37 bits per heavy atom. The highest BCUT2D eigenvalue weighted by molar-refractivity contribution is 8.00. The SMILES string of the molecule is Nc1nc(/C(=N/OCF)C(=O)N[C@@H]2C(=O)N3C(C(=O)O)=C(/C=C/C=C/c4csnn4)CS[C@H]23)cs1.